The van der Waals surface area contributed by atoms with Gasteiger partial charge in [-0.2, -0.15) is 0 Å². The minimum Gasteiger partial charge on any atom is -0.379 e. The SMILES string of the molecule is CNC1COCC1C(=O)NCC(C)N(C)C. The second-order valence-corrected chi connectivity index (χ2v) is 4.60. The molecule has 94 valence electrons. The van der Waals surface area contributed by atoms with Crippen molar-refractivity contribution in [1.82, 2.24) is 15.5 Å². The Hall–Kier alpha value is -0.650. The molecule has 0 spiro atoms. The highest BCUT2D eigenvalue weighted by atomic mass is 16.5. The lowest BCUT2D eigenvalue weighted by atomic mass is 10.0. The normalized spacial score (nSPS) is 27.1. The lowest BCUT2D eigenvalue weighted by Crippen LogP contribution is -2.46. The highest BCUT2D eigenvalue weighted by Gasteiger charge is 2.32. The average Bonchev–Trinajstić information content (AvgIpc) is 2.73. The molecule has 1 rings (SSSR count). The van der Waals surface area contributed by atoms with Crippen molar-refractivity contribution in [3.05, 3.63) is 0 Å². The Morgan fingerprint density at radius 2 is 2.19 bits per heavy atom. The molecule has 0 aromatic heterocycles. The number of amides is 1. The monoisotopic (exact) mass is 229 g/mol. The maximum Gasteiger partial charge on any atom is 0.227 e. The summed E-state index contributed by atoms with van der Waals surface area (Å²) in [6.45, 7) is 3.91. The summed E-state index contributed by atoms with van der Waals surface area (Å²) in [7, 11) is 5.87. The molecule has 1 heterocycles. The Morgan fingerprint density at radius 3 is 2.75 bits per heavy atom. The van der Waals surface area contributed by atoms with E-state index in [0.29, 0.717) is 25.8 Å². The quantitative estimate of drug-likeness (QED) is 0.654. The first-order valence-corrected chi connectivity index (χ1v) is 5.75. The summed E-state index contributed by atoms with van der Waals surface area (Å²) in [5.74, 6) is 0.0323. The summed E-state index contributed by atoms with van der Waals surface area (Å²) in [4.78, 5) is 14.0. The Labute approximate surface area is 97.5 Å². The molecule has 0 bridgehead atoms. The highest BCUT2D eigenvalue weighted by Crippen LogP contribution is 2.13. The zero-order chi connectivity index (χ0) is 12.1. The van der Waals surface area contributed by atoms with Gasteiger partial charge >= 0.3 is 0 Å². The molecule has 1 amide bonds. The largest absolute Gasteiger partial charge is 0.379 e. The maximum absolute atomic E-state index is 11.9. The number of hydrogen-bond acceptors (Lipinski definition) is 4. The van der Waals surface area contributed by atoms with Gasteiger partial charge in [-0.05, 0) is 28.1 Å². The van der Waals surface area contributed by atoms with E-state index in [1.807, 2.05) is 21.1 Å². The summed E-state index contributed by atoms with van der Waals surface area (Å²) in [5, 5.41) is 6.08. The zero-order valence-electron chi connectivity index (χ0n) is 10.6. The molecule has 0 radical (unpaired) electrons. The number of carbonyl (C=O) groups excluding carboxylic acids is 1. The Balaban J connectivity index is 2.34. The van der Waals surface area contributed by atoms with Crippen molar-refractivity contribution in [3.63, 3.8) is 0 Å². The third-order valence-electron chi connectivity index (χ3n) is 3.24. The molecule has 1 fully saturated rings. The molecule has 3 unspecified atom stereocenters. The van der Waals surface area contributed by atoms with Gasteiger partial charge in [-0.25, -0.2) is 0 Å². The van der Waals surface area contributed by atoms with E-state index in [1.54, 1.807) is 0 Å². The van der Waals surface area contributed by atoms with E-state index >= 15 is 0 Å². The van der Waals surface area contributed by atoms with Crippen LogP contribution in [0.5, 0.6) is 0 Å². The van der Waals surface area contributed by atoms with Gasteiger partial charge < -0.3 is 20.3 Å². The van der Waals surface area contributed by atoms with Crippen LogP contribution in [0.2, 0.25) is 0 Å². The topological polar surface area (TPSA) is 53.6 Å². The van der Waals surface area contributed by atoms with E-state index in [2.05, 4.69) is 22.5 Å². The molecular weight excluding hydrogens is 206 g/mol. The molecule has 0 aliphatic carbocycles. The van der Waals surface area contributed by atoms with Gasteiger partial charge in [0.15, 0.2) is 0 Å². The first kappa shape index (κ1) is 13.4. The van der Waals surface area contributed by atoms with E-state index in [0.717, 1.165) is 0 Å². The number of nitrogens with zero attached hydrogens (tertiary/aromatic N) is 1. The van der Waals surface area contributed by atoms with Crippen molar-refractivity contribution in [2.75, 3.05) is 40.9 Å². The van der Waals surface area contributed by atoms with Gasteiger partial charge in [0.2, 0.25) is 5.91 Å². The van der Waals surface area contributed by atoms with Crippen LogP contribution < -0.4 is 10.6 Å². The van der Waals surface area contributed by atoms with Crippen LogP contribution in [-0.4, -0.2) is 63.8 Å². The molecule has 5 heteroatoms. The van der Waals surface area contributed by atoms with Crippen LogP contribution in [0.1, 0.15) is 6.92 Å². The summed E-state index contributed by atoms with van der Waals surface area (Å²) in [5.41, 5.74) is 0. The molecule has 0 aromatic rings. The van der Waals surface area contributed by atoms with Crippen LogP contribution in [0.25, 0.3) is 0 Å². The smallest absolute Gasteiger partial charge is 0.227 e. The predicted octanol–water partition coefficient (Wildman–Crippen LogP) is -0.713. The van der Waals surface area contributed by atoms with Crippen molar-refractivity contribution < 1.29 is 9.53 Å². The van der Waals surface area contributed by atoms with Crippen molar-refractivity contribution >= 4 is 5.91 Å². The summed E-state index contributed by atoms with van der Waals surface area (Å²) in [6.07, 6.45) is 0. The van der Waals surface area contributed by atoms with E-state index in [1.165, 1.54) is 0 Å². The first-order chi connectivity index (χ1) is 7.56. The lowest BCUT2D eigenvalue weighted by Gasteiger charge is -2.22. The highest BCUT2D eigenvalue weighted by molar-refractivity contribution is 5.79. The van der Waals surface area contributed by atoms with Crippen LogP contribution in [-0.2, 0) is 9.53 Å². The van der Waals surface area contributed by atoms with Gasteiger partial charge in [0, 0.05) is 18.6 Å². The van der Waals surface area contributed by atoms with E-state index < -0.39 is 0 Å². The fourth-order valence-electron chi connectivity index (χ4n) is 1.66. The van der Waals surface area contributed by atoms with Gasteiger partial charge in [0.05, 0.1) is 19.1 Å². The van der Waals surface area contributed by atoms with Crippen LogP contribution in [0.15, 0.2) is 0 Å². The van der Waals surface area contributed by atoms with Crippen molar-refractivity contribution in [3.8, 4) is 0 Å². The van der Waals surface area contributed by atoms with Crippen LogP contribution in [0, 0.1) is 5.92 Å². The van der Waals surface area contributed by atoms with Crippen molar-refractivity contribution in [2.24, 2.45) is 5.92 Å². The number of likely N-dealkylation sites (N-methyl/N-ethyl adjacent to an activating group) is 2. The predicted molar refractivity (Wildman–Crippen MR) is 63.3 cm³/mol. The molecule has 1 saturated heterocycles. The number of hydrogen-bond donors (Lipinski definition) is 2. The number of nitrogens with one attached hydrogen (secondary N) is 2. The van der Waals surface area contributed by atoms with Crippen LogP contribution in [0.4, 0.5) is 0 Å². The van der Waals surface area contributed by atoms with Crippen LogP contribution in [0.3, 0.4) is 0 Å². The van der Waals surface area contributed by atoms with Crippen molar-refractivity contribution in [1.29, 1.82) is 0 Å². The lowest BCUT2D eigenvalue weighted by molar-refractivity contribution is -0.125. The first-order valence-electron chi connectivity index (χ1n) is 5.75. The fraction of sp³-hybridized carbons (Fsp3) is 0.909. The minimum absolute atomic E-state index is 0.0561. The third kappa shape index (κ3) is 3.43. The van der Waals surface area contributed by atoms with Gasteiger partial charge in [-0.1, -0.05) is 0 Å². The Kier molecular flexibility index (Phi) is 5.18. The third-order valence-corrected chi connectivity index (χ3v) is 3.24. The zero-order valence-corrected chi connectivity index (χ0v) is 10.6. The Morgan fingerprint density at radius 1 is 1.50 bits per heavy atom. The summed E-state index contributed by atoms with van der Waals surface area (Å²) < 4.78 is 5.30. The second-order valence-electron chi connectivity index (χ2n) is 4.60. The van der Waals surface area contributed by atoms with Gasteiger partial charge in [0.1, 0.15) is 0 Å². The van der Waals surface area contributed by atoms with E-state index in [-0.39, 0.29) is 17.9 Å². The number of rotatable bonds is 5. The fourth-order valence-corrected chi connectivity index (χ4v) is 1.66. The summed E-state index contributed by atoms with van der Waals surface area (Å²) in [6, 6.07) is 0.494. The van der Waals surface area contributed by atoms with Crippen molar-refractivity contribution in [2.45, 2.75) is 19.0 Å². The molecule has 3 atom stereocenters. The van der Waals surface area contributed by atoms with Gasteiger partial charge in [0.25, 0.3) is 0 Å². The molecule has 0 saturated carbocycles. The number of ether oxygens (including phenoxy) is 1. The molecule has 1 aliphatic heterocycles. The molecule has 16 heavy (non-hydrogen) atoms. The van der Waals surface area contributed by atoms with Crippen LogP contribution >= 0.6 is 0 Å². The van der Waals surface area contributed by atoms with E-state index in [9.17, 15) is 4.79 Å². The Bertz CT molecular complexity index is 233. The number of carbonyl (C=O) groups is 1. The molecule has 5 nitrogen and oxygen atoms in total. The summed E-state index contributed by atoms with van der Waals surface area (Å²) >= 11 is 0. The van der Waals surface area contributed by atoms with E-state index in [4.69, 9.17) is 4.74 Å². The standard InChI is InChI=1S/C11H23N3O2/c1-8(14(3)4)5-13-11(15)9-6-16-7-10(9)12-2/h8-10,12H,5-7H2,1-4H3,(H,13,15). The van der Waals surface area contributed by atoms with Gasteiger partial charge in [-0.15, -0.1) is 0 Å². The molecule has 2 N–H and O–H groups in total. The molecular formula is C11H23N3O2. The van der Waals surface area contributed by atoms with Gasteiger partial charge in [-0.3, -0.25) is 4.79 Å². The second kappa shape index (κ2) is 6.18. The average molecular weight is 229 g/mol. The molecule has 1 aliphatic rings. The minimum atomic E-state index is -0.0561. The molecule has 0 aromatic carbocycles. The maximum atomic E-state index is 11.9.